The van der Waals surface area contributed by atoms with Crippen LogP contribution in [-0.4, -0.2) is 14.7 Å². The van der Waals surface area contributed by atoms with Gasteiger partial charge in [-0.25, -0.2) is 4.98 Å². The highest BCUT2D eigenvalue weighted by Gasteiger charge is 2.13. The van der Waals surface area contributed by atoms with Crippen molar-refractivity contribution in [3.8, 4) is 6.07 Å². The Labute approximate surface area is 133 Å². The molecule has 1 atom stereocenters. The molecule has 0 aliphatic rings. The molecule has 0 aliphatic heterocycles. The number of nitrogens with zero attached hydrogens (tertiary/aromatic N) is 3. The molecule has 1 heterocycles. The summed E-state index contributed by atoms with van der Waals surface area (Å²) in [5, 5.41) is 19.7. The molecular formula is C18H15N3O2. The zero-order valence-corrected chi connectivity index (χ0v) is 12.6. The van der Waals surface area contributed by atoms with E-state index < -0.39 is 6.10 Å². The molecule has 1 aromatic heterocycles. The van der Waals surface area contributed by atoms with Gasteiger partial charge in [-0.3, -0.25) is 9.36 Å². The normalized spacial score (nSPS) is 12.0. The smallest absolute Gasteiger partial charge is 0.261 e. The van der Waals surface area contributed by atoms with Crippen LogP contribution in [0.5, 0.6) is 0 Å². The number of aliphatic hydroxyl groups is 1. The Morgan fingerprint density at radius 1 is 1.22 bits per heavy atom. The lowest BCUT2D eigenvalue weighted by Gasteiger charge is -2.15. The second-order valence-corrected chi connectivity index (χ2v) is 5.34. The van der Waals surface area contributed by atoms with Crippen molar-refractivity contribution in [2.75, 3.05) is 0 Å². The Morgan fingerprint density at radius 2 is 1.91 bits per heavy atom. The van der Waals surface area contributed by atoms with Crippen LogP contribution in [0.3, 0.4) is 0 Å². The van der Waals surface area contributed by atoms with Crippen LogP contribution in [0, 0.1) is 18.3 Å². The number of aromatic nitrogens is 2. The van der Waals surface area contributed by atoms with Gasteiger partial charge in [-0.15, -0.1) is 0 Å². The van der Waals surface area contributed by atoms with Crippen molar-refractivity contribution >= 4 is 10.9 Å². The van der Waals surface area contributed by atoms with Crippen LogP contribution in [0.1, 0.15) is 23.1 Å². The minimum Gasteiger partial charge on any atom is -0.387 e. The van der Waals surface area contributed by atoms with Crippen molar-refractivity contribution in [1.82, 2.24) is 9.55 Å². The molecule has 5 nitrogen and oxygen atoms in total. The summed E-state index contributed by atoms with van der Waals surface area (Å²) in [6.45, 7) is 1.87. The molecule has 23 heavy (non-hydrogen) atoms. The Hall–Kier alpha value is -2.97. The lowest BCUT2D eigenvalue weighted by Crippen LogP contribution is -2.26. The van der Waals surface area contributed by atoms with Crippen molar-refractivity contribution in [2.24, 2.45) is 0 Å². The van der Waals surface area contributed by atoms with Gasteiger partial charge in [-0.05, 0) is 36.8 Å². The second kappa shape index (κ2) is 6.03. The molecule has 3 aromatic rings. The van der Waals surface area contributed by atoms with Crippen molar-refractivity contribution < 1.29 is 5.11 Å². The van der Waals surface area contributed by atoms with Crippen molar-refractivity contribution in [2.45, 2.75) is 19.6 Å². The average Bonchev–Trinajstić information content (AvgIpc) is 2.58. The Morgan fingerprint density at radius 3 is 2.61 bits per heavy atom. The van der Waals surface area contributed by atoms with E-state index in [0.717, 1.165) is 0 Å². The highest BCUT2D eigenvalue weighted by molar-refractivity contribution is 5.77. The van der Waals surface area contributed by atoms with E-state index in [0.29, 0.717) is 27.9 Å². The molecule has 0 saturated heterocycles. The lowest BCUT2D eigenvalue weighted by molar-refractivity contribution is 0.154. The number of nitriles is 1. The number of hydrogen-bond donors (Lipinski definition) is 1. The molecule has 0 saturated carbocycles. The minimum atomic E-state index is -0.845. The first-order valence-electron chi connectivity index (χ1n) is 7.24. The molecule has 3 rings (SSSR count). The molecule has 2 aromatic carbocycles. The predicted octanol–water partition coefficient (Wildman–Crippen LogP) is 2.31. The predicted molar refractivity (Wildman–Crippen MR) is 86.9 cm³/mol. The molecule has 0 spiro atoms. The van der Waals surface area contributed by atoms with E-state index >= 15 is 0 Å². The molecule has 0 amide bonds. The van der Waals surface area contributed by atoms with Gasteiger partial charge < -0.3 is 5.11 Å². The molecule has 1 unspecified atom stereocenters. The van der Waals surface area contributed by atoms with Gasteiger partial charge in [0.05, 0.1) is 35.2 Å². The fourth-order valence-electron chi connectivity index (χ4n) is 2.55. The number of para-hydroxylation sites is 1. The third-order valence-electron chi connectivity index (χ3n) is 3.83. The first-order valence-corrected chi connectivity index (χ1v) is 7.24. The van der Waals surface area contributed by atoms with E-state index in [1.807, 2.05) is 12.1 Å². The van der Waals surface area contributed by atoms with Crippen LogP contribution in [-0.2, 0) is 6.54 Å². The van der Waals surface area contributed by atoms with Gasteiger partial charge in [0.15, 0.2) is 0 Å². The van der Waals surface area contributed by atoms with Gasteiger partial charge in [0, 0.05) is 0 Å². The summed E-state index contributed by atoms with van der Waals surface area (Å²) >= 11 is 0. The summed E-state index contributed by atoms with van der Waals surface area (Å²) < 4.78 is 1.48. The van der Waals surface area contributed by atoms with Crippen LogP contribution < -0.4 is 5.56 Å². The number of aliphatic hydroxyl groups excluding tert-OH is 1. The minimum absolute atomic E-state index is 0.119. The number of aryl methyl sites for hydroxylation is 1. The number of benzene rings is 2. The Kier molecular flexibility index (Phi) is 3.92. The summed E-state index contributed by atoms with van der Waals surface area (Å²) in [5.41, 5.74) is 1.67. The Bertz CT molecular complexity index is 953. The molecule has 1 N–H and O–H groups in total. The molecular weight excluding hydrogens is 290 g/mol. The van der Waals surface area contributed by atoms with Gasteiger partial charge in [-0.2, -0.15) is 5.26 Å². The van der Waals surface area contributed by atoms with Gasteiger partial charge in [0.2, 0.25) is 0 Å². The SMILES string of the molecule is Cc1nc2ccccc2c(=O)n1CC(O)c1ccc(C#N)cc1. The fourth-order valence-corrected chi connectivity index (χ4v) is 2.55. The monoisotopic (exact) mass is 305 g/mol. The maximum absolute atomic E-state index is 12.6. The molecule has 0 bridgehead atoms. The van der Waals surface area contributed by atoms with Gasteiger partial charge in [-0.1, -0.05) is 24.3 Å². The summed E-state index contributed by atoms with van der Waals surface area (Å²) in [6, 6.07) is 15.9. The molecule has 0 aliphatic carbocycles. The highest BCUT2D eigenvalue weighted by Crippen LogP contribution is 2.16. The van der Waals surface area contributed by atoms with Crippen LogP contribution in [0.15, 0.2) is 53.3 Å². The summed E-state index contributed by atoms with van der Waals surface area (Å²) in [6.07, 6.45) is -0.845. The average molecular weight is 305 g/mol. The molecule has 0 radical (unpaired) electrons. The molecule has 5 heteroatoms. The quantitative estimate of drug-likeness (QED) is 0.805. The van der Waals surface area contributed by atoms with Crippen LogP contribution in [0.4, 0.5) is 0 Å². The van der Waals surface area contributed by atoms with Crippen molar-refractivity contribution in [1.29, 1.82) is 5.26 Å². The van der Waals surface area contributed by atoms with Crippen LogP contribution >= 0.6 is 0 Å². The maximum atomic E-state index is 12.6. The lowest BCUT2D eigenvalue weighted by atomic mass is 10.1. The number of hydrogen-bond acceptors (Lipinski definition) is 4. The number of rotatable bonds is 3. The zero-order valence-electron chi connectivity index (χ0n) is 12.6. The van der Waals surface area contributed by atoms with E-state index in [9.17, 15) is 9.90 Å². The largest absolute Gasteiger partial charge is 0.387 e. The third-order valence-corrected chi connectivity index (χ3v) is 3.83. The van der Waals surface area contributed by atoms with E-state index in [2.05, 4.69) is 4.98 Å². The van der Waals surface area contributed by atoms with E-state index in [1.165, 1.54) is 4.57 Å². The van der Waals surface area contributed by atoms with Crippen molar-refractivity contribution in [3.05, 3.63) is 75.8 Å². The zero-order chi connectivity index (χ0) is 16.4. The highest BCUT2D eigenvalue weighted by atomic mass is 16.3. The van der Waals surface area contributed by atoms with Gasteiger partial charge >= 0.3 is 0 Å². The Balaban J connectivity index is 1.97. The van der Waals surface area contributed by atoms with Gasteiger partial charge in [0.25, 0.3) is 5.56 Å². The second-order valence-electron chi connectivity index (χ2n) is 5.34. The molecule has 114 valence electrons. The van der Waals surface area contributed by atoms with Crippen molar-refractivity contribution in [3.63, 3.8) is 0 Å². The third kappa shape index (κ3) is 2.85. The fraction of sp³-hybridized carbons (Fsp3) is 0.167. The first kappa shape index (κ1) is 14.9. The molecule has 0 fully saturated rings. The van der Waals surface area contributed by atoms with E-state index in [1.54, 1.807) is 49.4 Å². The summed E-state index contributed by atoms with van der Waals surface area (Å²) in [5.74, 6) is 0.557. The van der Waals surface area contributed by atoms with E-state index in [4.69, 9.17) is 5.26 Å². The topological polar surface area (TPSA) is 78.9 Å². The standard InChI is InChI=1S/C18H15N3O2/c1-12-20-16-5-3-2-4-15(16)18(23)21(12)11-17(22)14-8-6-13(10-19)7-9-14/h2-9,17,22H,11H2,1H3. The van der Waals surface area contributed by atoms with Crippen LogP contribution in [0.2, 0.25) is 0 Å². The number of fused-ring (bicyclic) bond motifs is 1. The maximum Gasteiger partial charge on any atom is 0.261 e. The van der Waals surface area contributed by atoms with E-state index in [-0.39, 0.29) is 12.1 Å². The summed E-state index contributed by atoms with van der Waals surface area (Å²) in [7, 11) is 0. The first-order chi connectivity index (χ1) is 11.1. The van der Waals surface area contributed by atoms with Crippen LogP contribution in [0.25, 0.3) is 10.9 Å². The summed E-state index contributed by atoms with van der Waals surface area (Å²) in [4.78, 5) is 17.0. The van der Waals surface area contributed by atoms with Gasteiger partial charge in [0.1, 0.15) is 5.82 Å².